The first kappa shape index (κ1) is 21.9. The Kier molecular flexibility index (Phi) is 6.30. The van der Waals surface area contributed by atoms with Crippen molar-refractivity contribution in [1.29, 1.82) is 0 Å². The first-order valence-electron chi connectivity index (χ1n) is 10.4. The van der Waals surface area contributed by atoms with Crippen LogP contribution in [0.1, 0.15) is 34.7 Å². The Balaban J connectivity index is 1.39. The zero-order valence-corrected chi connectivity index (χ0v) is 17.8. The number of amides is 2. The van der Waals surface area contributed by atoms with Gasteiger partial charge in [-0.25, -0.2) is 9.37 Å². The molecule has 4 rings (SSSR count). The van der Waals surface area contributed by atoms with Gasteiger partial charge in [-0.15, -0.1) is 0 Å². The van der Waals surface area contributed by atoms with Gasteiger partial charge in [0.25, 0.3) is 11.5 Å². The molecule has 0 aliphatic heterocycles. The summed E-state index contributed by atoms with van der Waals surface area (Å²) in [4.78, 5) is 44.8. The number of H-pyrrole nitrogens is 1. The third-order valence-corrected chi connectivity index (χ3v) is 5.12. The molecule has 9 heteroatoms. The van der Waals surface area contributed by atoms with Gasteiger partial charge in [-0.1, -0.05) is 24.3 Å². The van der Waals surface area contributed by atoms with Crippen molar-refractivity contribution in [1.82, 2.24) is 25.2 Å². The van der Waals surface area contributed by atoms with Crippen molar-refractivity contribution in [2.45, 2.75) is 26.1 Å². The summed E-state index contributed by atoms with van der Waals surface area (Å²) in [7, 11) is 0. The summed E-state index contributed by atoms with van der Waals surface area (Å²) in [5.74, 6) is -0.561. The molecule has 2 amide bonds. The van der Waals surface area contributed by atoms with Crippen LogP contribution < -0.4 is 16.2 Å². The smallest absolute Gasteiger partial charge is 0.253 e. The van der Waals surface area contributed by atoms with Crippen LogP contribution in [-0.2, 0) is 17.9 Å². The van der Waals surface area contributed by atoms with Gasteiger partial charge in [0.2, 0.25) is 5.91 Å². The molecular weight excluding hydrogens is 425 g/mol. The highest BCUT2D eigenvalue weighted by Gasteiger charge is 2.15. The number of aromatic amines is 1. The van der Waals surface area contributed by atoms with Crippen LogP contribution in [0.25, 0.3) is 11.0 Å². The second kappa shape index (κ2) is 9.47. The molecular formula is C24H22FN5O3. The second-order valence-corrected chi connectivity index (χ2v) is 7.62. The maximum atomic E-state index is 13.0. The molecule has 2 aromatic carbocycles. The van der Waals surface area contributed by atoms with E-state index < -0.39 is 23.4 Å². The van der Waals surface area contributed by atoms with Gasteiger partial charge in [0.15, 0.2) is 0 Å². The SMILES string of the molecule is C[C@@H](NC(=O)Cn1cc(C(=O)NCc2ccc(F)cc2)ccc1=O)c1nc2ccccc2[nH]1. The average molecular weight is 447 g/mol. The zero-order chi connectivity index (χ0) is 23.4. The van der Waals surface area contributed by atoms with E-state index in [1.54, 1.807) is 19.1 Å². The van der Waals surface area contributed by atoms with E-state index in [9.17, 15) is 18.8 Å². The molecule has 33 heavy (non-hydrogen) atoms. The van der Waals surface area contributed by atoms with Gasteiger partial charge in [0.05, 0.1) is 22.6 Å². The number of rotatable bonds is 7. The molecule has 0 spiro atoms. The number of nitrogens with zero attached hydrogens (tertiary/aromatic N) is 2. The summed E-state index contributed by atoms with van der Waals surface area (Å²) in [6.07, 6.45) is 1.34. The Morgan fingerprint density at radius 3 is 2.61 bits per heavy atom. The predicted molar refractivity (Wildman–Crippen MR) is 121 cm³/mol. The van der Waals surface area contributed by atoms with Gasteiger partial charge in [0.1, 0.15) is 18.2 Å². The van der Waals surface area contributed by atoms with Crippen molar-refractivity contribution in [3.05, 3.63) is 100.0 Å². The van der Waals surface area contributed by atoms with E-state index in [1.807, 2.05) is 24.3 Å². The van der Waals surface area contributed by atoms with E-state index in [0.29, 0.717) is 5.82 Å². The number of pyridine rings is 1. The lowest BCUT2D eigenvalue weighted by atomic mass is 10.2. The fourth-order valence-electron chi connectivity index (χ4n) is 3.36. The number of hydrogen-bond donors (Lipinski definition) is 3. The lowest BCUT2D eigenvalue weighted by Gasteiger charge is -2.13. The van der Waals surface area contributed by atoms with Gasteiger partial charge in [-0.2, -0.15) is 0 Å². The fourth-order valence-corrected chi connectivity index (χ4v) is 3.36. The number of carbonyl (C=O) groups is 2. The molecule has 0 unspecified atom stereocenters. The lowest BCUT2D eigenvalue weighted by Crippen LogP contribution is -2.34. The molecule has 168 valence electrons. The molecule has 0 saturated carbocycles. The molecule has 0 fully saturated rings. The van der Waals surface area contributed by atoms with Gasteiger partial charge >= 0.3 is 0 Å². The number of para-hydroxylation sites is 2. The molecule has 8 nitrogen and oxygen atoms in total. The highest BCUT2D eigenvalue weighted by molar-refractivity contribution is 5.93. The molecule has 0 saturated heterocycles. The topological polar surface area (TPSA) is 109 Å². The highest BCUT2D eigenvalue weighted by Crippen LogP contribution is 2.15. The van der Waals surface area contributed by atoms with Crippen LogP contribution in [-0.4, -0.2) is 26.3 Å². The van der Waals surface area contributed by atoms with Crippen LogP contribution in [0.5, 0.6) is 0 Å². The predicted octanol–water partition coefficient (Wildman–Crippen LogP) is 2.67. The molecule has 2 aromatic heterocycles. The summed E-state index contributed by atoms with van der Waals surface area (Å²) in [6, 6.07) is 15.5. The van der Waals surface area contributed by atoms with Crippen molar-refractivity contribution in [3.63, 3.8) is 0 Å². The molecule has 2 heterocycles. The number of hydrogen-bond acceptors (Lipinski definition) is 4. The van der Waals surface area contributed by atoms with Crippen molar-refractivity contribution in [2.24, 2.45) is 0 Å². The molecule has 0 aliphatic carbocycles. The van der Waals surface area contributed by atoms with Crippen molar-refractivity contribution in [3.8, 4) is 0 Å². The third-order valence-electron chi connectivity index (χ3n) is 5.12. The Labute approximate surface area is 188 Å². The van der Waals surface area contributed by atoms with Crippen molar-refractivity contribution in [2.75, 3.05) is 0 Å². The summed E-state index contributed by atoms with van der Waals surface area (Å²) in [6.45, 7) is 1.74. The van der Waals surface area contributed by atoms with E-state index in [4.69, 9.17) is 0 Å². The van der Waals surface area contributed by atoms with Crippen molar-refractivity contribution < 1.29 is 14.0 Å². The van der Waals surface area contributed by atoms with Gasteiger partial charge < -0.3 is 20.2 Å². The highest BCUT2D eigenvalue weighted by atomic mass is 19.1. The summed E-state index contributed by atoms with van der Waals surface area (Å²) in [5.41, 5.74) is 2.22. The van der Waals surface area contributed by atoms with E-state index >= 15 is 0 Å². The molecule has 0 aliphatic rings. The Morgan fingerprint density at radius 1 is 1.09 bits per heavy atom. The molecule has 0 radical (unpaired) electrons. The monoisotopic (exact) mass is 447 g/mol. The quantitative estimate of drug-likeness (QED) is 0.405. The molecule has 0 bridgehead atoms. The second-order valence-electron chi connectivity index (χ2n) is 7.62. The minimum atomic E-state index is -0.413. The van der Waals surface area contributed by atoms with Crippen LogP contribution in [0.2, 0.25) is 0 Å². The van der Waals surface area contributed by atoms with Crippen molar-refractivity contribution >= 4 is 22.8 Å². The maximum Gasteiger partial charge on any atom is 0.253 e. The number of fused-ring (bicyclic) bond motifs is 1. The number of imidazole rings is 1. The van der Waals surface area contributed by atoms with Gasteiger partial charge in [-0.3, -0.25) is 14.4 Å². The number of nitrogens with one attached hydrogen (secondary N) is 3. The van der Waals surface area contributed by atoms with Crippen LogP contribution in [0.15, 0.2) is 71.7 Å². The fraction of sp³-hybridized carbons (Fsp3) is 0.167. The van der Waals surface area contributed by atoms with Crippen LogP contribution in [0.4, 0.5) is 4.39 Å². The standard InChI is InChI=1S/C24H22FN5O3/c1-15(23-28-19-4-2-3-5-20(19)29-23)27-21(31)14-30-13-17(8-11-22(30)32)24(33)26-12-16-6-9-18(25)10-7-16/h2-11,13,15H,12,14H2,1H3,(H,26,33)(H,27,31)(H,28,29)/t15-/m1/s1. The molecule has 3 N–H and O–H groups in total. The van der Waals surface area contributed by atoms with E-state index in [0.717, 1.165) is 16.6 Å². The molecule has 1 atom stereocenters. The normalized spacial score (nSPS) is 11.8. The first-order valence-corrected chi connectivity index (χ1v) is 10.4. The number of halogens is 1. The Morgan fingerprint density at radius 2 is 1.85 bits per heavy atom. The third kappa shape index (κ3) is 5.32. The summed E-state index contributed by atoms with van der Waals surface area (Å²) in [5, 5.41) is 5.52. The summed E-state index contributed by atoms with van der Waals surface area (Å²) >= 11 is 0. The number of carbonyl (C=O) groups excluding carboxylic acids is 2. The maximum absolute atomic E-state index is 13.0. The van der Waals surface area contributed by atoms with Gasteiger partial charge in [-0.05, 0) is 42.8 Å². The van der Waals surface area contributed by atoms with E-state index in [2.05, 4.69) is 20.6 Å². The van der Waals surface area contributed by atoms with E-state index in [-0.39, 0.29) is 24.5 Å². The largest absolute Gasteiger partial charge is 0.348 e. The zero-order valence-electron chi connectivity index (χ0n) is 17.8. The Bertz CT molecular complexity index is 1330. The first-order chi connectivity index (χ1) is 15.9. The van der Waals surface area contributed by atoms with E-state index in [1.165, 1.54) is 35.0 Å². The van der Waals surface area contributed by atoms with Crippen LogP contribution in [0, 0.1) is 5.82 Å². The number of benzene rings is 2. The van der Waals surface area contributed by atoms with Crippen LogP contribution in [0.3, 0.4) is 0 Å². The van der Waals surface area contributed by atoms with Crippen LogP contribution >= 0.6 is 0 Å². The minimum absolute atomic E-state index is 0.202. The Hall–Kier alpha value is -4.27. The minimum Gasteiger partial charge on any atom is -0.348 e. The van der Waals surface area contributed by atoms with Gasteiger partial charge in [0, 0.05) is 18.8 Å². The molecule has 4 aromatic rings. The lowest BCUT2D eigenvalue weighted by molar-refractivity contribution is -0.122. The average Bonchev–Trinajstić information content (AvgIpc) is 3.24. The summed E-state index contributed by atoms with van der Waals surface area (Å²) < 4.78 is 14.2. The number of aromatic nitrogens is 3.